The van der Waals surface area contributed by atoms with Crippen LogP contribution in [0.25, 0.3) is 22.1 Å². The van der Waals surface area contributed by atoms with Crippen LogP contribution >= 0.6 is 31.9 Å². The molecule has 1 N–H and O–H groups in total. The quantitative estimate of drug-likeness (QED) is 0.261. The Morgan fingerprint density at radius 2 is 1.40 bits per heavy atom. The lowest BCUT2D eigenvalue weighted by Gasteiger charge is -2.44. The number of aromatic amines is 1. The van der Waals surface area contributed by atoms with Crippen molar-refractivity contribution in [1.29, 1.82) is 0 Å². The monoisotopic (exact) mass is 548 g/mol. The molecule has 0 aromatic carbocycles. The molecule has 0 radical (unpaired) electrons. The average Bonchev–Trinajstić information content (AvgIpc) is 3.28. The Bertz CT molecular complexity index is 1110. The van der Waals surface area contributed by atoms with Gasteiger partial charge in [-0.1, -0.05) is 41.5 Å². The molecule has 4 nitrogen and oxygen atoms in total. The molecular formula is C23H30Br2N4Si. The van der Waals surface area contributed by atoms with Crippen molar-refractivity contribution in [3.05, 3.63) is 58.0 Å². The fraction of sp³-hybridized carbons (Fsp3) is 0.391. The molecule has 0 aliphatic heterocycles. The minimum Gasteiger partial charge on any atom is -0.359 e. The maximum Gasteiger partial charge on any atom is 0.171 e. The van der Waals surface area contributed by atoms with Gasteiger partial charge < -0.3 is 9.22 Å². The second-order valence-corrected chi connectivity index (χ2v) is 16.2. The number of nitrogens with one attached hydrogen (secondary N) is 1. The lowest BCUT2D eigenvalue weighted by Crippen LogP contribution is -2.51. The lowest BCUT2D eigenvalue weighted by atomic mass is 10.3. The number of hydrogen-bond donors (Lipinski definition) is 1. The van der Waals surface area contributed by atoms with Gasteiger partial charge in [0.1, 0.15) is 11.3 Å². The van der Waals surface area contributed by atoms with Crippen LogP contribution < -0.4 is 0 Å². The first kappa shape index (κ1) is 23.2. The zero-order valence-corrected chi connectivity index (χ0v) is 22.6. The Morgan fingerprint density at radius 1 is 0.833 bits per heavy atom. The van der Waals surface area contributed by atoms with Crippen molar-refractivity contribution in [2.24, 2.45) is 0 Å². The van der Waals surface area contributed by atoms with Crippen molar-refractivity contribution < 1.29 is 0 Å². The molecule has 0 spiro atoms. The topological polar surface area (TPSA) is 46.5 Å². The van der Waals surface area contributed by atoms with Gasteiger partial charge in [0.15, 0.2) is 8.24 Å². The van der Waals surface area contributed by atoms with Crippen LogP contribution in [0.15, 0.2) is 58.0 Å². The fourth-order valence-electron chi connectivity index (χ4n) is 5.06. The molecule has 0 aliphatic rings. The number of fused-ring (bicyclic) bond motifs is 2. The zero-order valence-electron chi connectivity index (χ0n) is 18.4. The Labute approximate surface area is 196 Å². The predicted molar refractivity (Wildman–Crippen MR) is 138 cm³/mol. The van der Waals surface area contributed by atoms with Gasteiger partial charge >= 0.3 is 0 Å². The second-order valence-electron chi connectivity index (χ2n) is 8.67. The Morgan fingerprint density at radius 3 is 2.00 bits per heavy atom. The Hall–Kier alpha value is -1.44. The van der Waals surface area contributed by atoms with E-state index >= 15 is 0 Å². The highest BCUT2D eigenvalue weighted by Crippen LogP contribution is 2.44. The van der Waals surface area contributed by atoms with Gasteiger partial charge in [-0.2, -0.15) is 0 Å². The molecule has 0 amide bonds. The molecule has 0 saturated heterocycles. The predicted octanol–water partition coefficient (Wildman–Crippen LogP) is 8.15. The number of aromatic nitrogens is 4. The van der Waals surface area contributed by atoms with Gasteiger partial charge in [0.25, 0.3) is 0 Å². The molecule has 0 atom stereocenters. The van der Waals surface area contributed by atoms with Crippen LogP contribution in [-0.2, 0) is 0 Å². The Kier molecular flexibility index (Phi) is 7.25. The van der Waals surface area contributed by atoms with Crippen LogP contribution in [0.3, 0.4) is 0 Å². The van der Waals surface area contributed by atoms with Gasteiger partial charge in [0.2, 0.25) is 0 Å². The van der Waals surface area contributed by atoms with Gasteiger partial charge in [0, 0.05) is 38.3 Å². The Balaban J connectivity index is 0.000000212. The molecule has 4 rings (SSSR count). The summed E-state index contributed by atoms with van der Waals surface area (Å²) < 4.78 is 4.61. The van der Waals surface area contributed by atoms with Crippen LogP contribution in [0, 0.1) is 0 Å². The number of hydrogen-bond acceptors (Lipinski definition) is 2. The first-order valence-corrected chi connectivity index (χ1v) is 14.2. The zero-order chi connectivity index (χ0) is 22.1. The van der Waals surface area contributed by atoms with Crippen molar-refractivity contribution in [1.82, 2.24) is 19.2 Å². The van der Waals surface area contributed by atoms with Crippen molar-refractivity contribution in [3.63, 3.8) is 0 Å². The molecular weight excluding hydrogens is 520 g/mol. The van der Waals surface area contributed by atoms with Gasteiger partial charge in [0.05, 0.1) is 0 Å². The van der Waals surface area contributed by atoms with Gasteiger partial charge in [-0.25, -0.2) is 9.97 Å². The number of nitrogens with zero attached hydrogens (tertiary/aromatic N) is 3. The SMILES string of the molecule is Brc1cnc2[nH]ccc2c1.CC(C)[Si](C(C)C)(C(C)C)n1ccc2cc(Br)cnc21. The molecule has 4 aromatic heterocycles. The highest BCUT2D eigenvalue weighted by Gasteiger charge is 2.45. The van der Waals surface area contributed by atoms with Crippen LogP contribution in [-0.4, -0.2) is 27.4 Å². The third-order valence-corrected chi connectivity index (χ3v) is 13.7. The van der Waals surface area contributed by atoms with Gasteiger partial charge in [-0.05, 0) is 78.9 Å². The summed E-state index contributed by atoms with van der Waals surface area (Å²) in [4.78, 5) is 11.9. The van der Waals surface area contributed by atoms with E-state index in [2.05, 4.69) is 106 Å². The van der Waals surface area contributed by atoms with E-state index < -0.39 is 8.24 Å². The number of H-pyrrole nitrogens is 1. The minimum atomic E-state index is -1.69. The van der Waals surface area contributed by atoms with E-state index in [1.807, 2.05) is 24.5 Å². The third-order valence-electron chi connectivity index (χ3n) is 6.05. The van der Waals surface area contributed by atoms with Crippen molar-refractivity contribution >= 4 is 62.2 Å². The van der Waals surface area contributed by atoms with Crippen molar-refractivity contribution in [3.8, 4) is 0 Å². The maximum absolute atomic E-state index is 4.70. The summed E-state index contributed by atoms with van der Waals surface area (Å²) in [6.07, 6.45) is 7.85. The van der Waals surface area contributed by atoms with Crippen LogP contribution in [0.4, 0.5) is 0 Å². The summed E-state index contributed by atoms with van der Waals surface area (Å²) in [6.45, 7) is 14.3. The number of halogens is 2. The summed E-state index contributed by atoms with van der Waals surface area (Å²) >= 11 is 6.86. The first-order chi connectivity index (χ1) is 14.2. The maximum atomic E-state index is 4.70. The molecule has 0 unspecified atom stereocenters. The lowest BCUT2D eigenvalue weighted by molar-refractivity contribution is 0.770. The third kappa shape index (κ3) is 4.29. The molecule has 0 saturated carbocycles. The summed E-state index contributed by atoms with van der Waals surface area (Å²) in [5.41, 5.74) is 4.13. The molecule has 0 fully saturated rings. The number of pyridine rings is 2. The van der Waals surface area contributed by atoms with E-state index in [0.29, 0.717) is 16.6 Å². The minimum absolute atomic E-state index is 0.684. The summed E-state index contributed by atoms with van der Waals surface area (Å²) in [5.74, 6) is 0. The van der Waals surface area contributed by atoms with E-state index in [0.717, 1.165) is 25.6 Å². The smallest absolute Gasteiger partial charge is 0.171 e. The van der Waals surface area contributed by atoms with E-state index in [9.17, 15) is 0 Å². The fourth-order valence-corrected chi connectivity index (χ4v) is 12.3. The second kappa shape index (κ2) is 9.36. The number of rotatable bonds is 4. The highest BCUT2D eigenvalue weighted by atomic mass is 79.9. The van der Waals surface area contributed by atoms with Gasteiger partial charge in [-0.15, -0.1) is 0 Å². The van der Waals surface area contributed by atoms with E-state index in [1.165, 1.54) is 5.39 Å². The molecule has 30 heavy (non-hydrogen) atoms. The van der Waals surface area contributed by atoms with Crippen molar-refractivity contribution in [2.45, 2.75) is 58.2 Å². The summed E-state index contributed by atoms with van der Waals surface area (Å²) in [5, 5.41) is 2.37. The molecule has 7 heteroatoms. The van der Waals surface area contributed by atoms with Crippen molar-refractivity contribution in [2.75, 3.05) is 0 Å². The summed E-state index contributed by atoms with van der Waals surface area (Å²) in [7, 11) is -1.69. The molecule has 4 aromatic rings. The van der Waals surface area contributed by atoms with E-state index in [-0.39, 0.29) is 0 Å². The van der Waals surface area contributed by atoms with E-state index in [1.54, 1.807) is 6.20 Å². The molecule has 4 heterocycles. The molecule has 160 valence electrons. The highest BCUT2D eigenvalue weighted by molar-refractivity contribution is 9.10. The standard InChI is InChI=1S/C16H25BrN2Si.C7H5BrN2/c1-11(2)20(12(3)4,13(5)6)19-8-7-14-9-15(17)10-18-16(14)19;8-6-3-5-1-2-9-7(5)10-4-6/h7-13H,1-6H3;1-4H,(H,9,10). The normalized spacial score (nSPS) is 12.2. The van der Waals surface area contributed by atoms with Crippen LogP contribution in [0.1, 0.15) is 41.5 Å². The average molecular weight is 550 g/mol. The van der Waals surface area contributed by atoms with Crippen LogP contribution in [0.2, 0.25) is 16.6 Å². The molecule has 0 bridgehead atoms. The molecule has 0 aliphatic carbocycles. The van der Waals surface area contributed by atoms with Crippen LogP contribution in [0.5, 0.6) is 0 Å². The first-order valence-electron chi connectivity index (χ1n) is 10.4. The largest absolute Gasteiger partial charge is 0.359 e. The van der Waals surface area contributed by atoms with E-state index in [4.69, 9.17) is 4.98 Å². The summed E-state index contributed by atoms with van der Waals surface area (Å²) in [6, 6.07) is 8.40. The van der Waals surface area contributed by atoms with Gasteiger partial charge in [-0.3, -0.25) is 0 Å².